The molecule has 0 heterocycles. The average molecular weight is 373 g/mol. The maximum absolute atomic E-state index is 11.8. The zero-order chi connectivity index (χ0) is 14.8. The summed E-state index contributed by atoms with van der Waals surface area (Å²) < 4.78 is 21.4. The molecule has 1 aromatic carbocycles. The van der Waals surface area contributed by atoms with Crippen LogP contribution < -0.4 is 0 Å². The average Bonchev–Trinajstić information content (AvgIpc) is 2.37. The molecule has 1 N–H and O–H groups in total. The number of sulfone groups is 1. The van der Waals surface area contributed by atoms with E-state index in [0.717, 1.165) is 6.07 Å². The molecule has 0 unspecified atom stereocenters. The van der Waals surface area contributed by atoms with Crippen molar-refractivity contribution in [3.63, 3.8) is 0 Å². The zero-order valence-corrected chi connectivity index (χ0v) is 12.9. The van der Waals surface area contributed by atoms with Gasteiger partial charge in [-0.05, 0) is 21.5 Å². The SMILES string of the molecule is CCS(=O)(=O)[C@](Cl)(Br)[C@H](O)c1cccc([N+](=O)[O-])c1. The Balaban J connectivity index is 3.24. The van der Waals surface area contributed by atoms with E-state index in [1.165, 1.54) is 25.1 Å². The van der Waals surface area contributed by atoms with Gasteiger partial charge >= 0.3 is 0 Å². The molecule has 19 heavy (non-hydrogen) atoms. The van der Waals surface area contributed by atoms with Crippen LogP contribution in [-0.4, -0.2) is 27.3 Å². The summed E-state index contributed by atoms with van der Waals surface area (Å²) in [6.45, 7) is 1.38. The van der Waals surface area contributed by atoms with Gasteiger partial charge in [0.1, 0.15) is 6.10 Å². The lowest BCUT2D eigenvalue weighted by Gasteiger charge is -2.25. The van der Waals surface area contributed by atoms with Gasteiger partial charge in [-0.25, -0.2) is 8.42 Å². The van der Waals surface area contributed by atoms with Crippen molar-refractivity contribution in [2.75, 3.05) is 5.75 Å². The van der Waals surface area contributed by atoms with Crippen LogP contribution in [0.15, 0.2) is 24.3 Å². The van der Waals surface area contributed by atoms with Gasteiger partial charge in [0.2, 0.25) is 3.12 Å². The first kappa shape index (κ1) is 16.4. The number of aliphatic hydroxyl groups excluding tert-OH is 1. The van der Waals surface area contributed by atoms with Gasteiger partial charge in [0, 0.05) is 12.1 Å². The standard InChI is InChI=1S/C10H11BrClNO5S/c1-2-19(17,18)10(11,12)9(14)7-4-3-5-8(6-7)13(15)16/h3-6,9,14H,2H2,1H3/t9-,10+/m1/s1. The number of benzene rings is 1. The van der Waals surface area contributed by atoms with Crippen molar-refractivity contribution >= 4 is 43.1 Å². The minimum absolute atomic E-state index is 0.0399. The Morgan fingerprint density at radius 2 is 2.16 bits per heavy atom. The van der Waals surface area contributed by atoms with Crippen molar-refractivity contribution in [2.24, 2.45) is 0 Å². The van der Waals surface area contributed by atoms with Gasteiger partial charge in [-0.15, -0.1) is 0 Å². The van der Waals surface area contributed by atoms with Crippen molar-refractivity contribution in [1.29, 1.82) is 0 Å². The van der Waals surface area contributed by atoms with E-state index in [1.54, 1.807) is 0 Å². The van der Waals surface area contributed by atoms with Crippen LogP contribution in [0.4, 0.5) is 5.69 Å². The highest BCUT2D eigenvalue weighted by Crippen LogP contribution is 2.43. The Labute approximate surface area is 123 Å². The van der Waals surface area contributed by atoms with Crippen molar-refractivity contribution < 1.29 is 18.4 Å². The molecule has 0 saturated heterocycles. The van der Waals surface area contributed by atoms with E-state index in [2.05, 4.69) is 15.9 Å². The molecule has 0 bridgehead atoms. The topological polar surface area (TPSA) is 97.5 Å². The molecule has 0 radical (unpaired) electrons. The third-order valence-corrected chi connectivity index (χ3v) is 7.15. The molecule has 1 rings (SSSR count). The molecular formula is C10H11BrClNO5S. The largest absolute Gasteiger partial charge is 0.385 e. The lowest BCUT2D eigenvalue weighted by Crippen LogP contribution is -2.34. The van der Waals surface area contributed by atoms with Gasteiger partial charge in [0.25, 0.3) is 5.69 Å². The van der Waals surface area contributed by atoms with E-state index in [0.29, 0.717) is 0 Å². The quantitative estimate of drug-likeness (QED) is 0.486. The van der Waals surface area contributed by atoms with Crippen LogP contribution in [-0.2, 0) is 9.84 Å². The molecule has 106 valence electrons. The van der Waals surface area contributed by atoms with E-state index in [-0.39, 0.29) is 17.0 Å². The second-order valence-electron chi connectivity index (χ2n) is 3.72. The number of hydrogen-bond acceptors (Lipinski definition) is 5. The number of alkyl halides is 2. The van der Waals surface area contributed by atoms with Crippen LogP contribution in [0.1, 0.15) is 18.6 Å². The van der Waals surface area contributed by atoms with Crippen molar-refractivity contribution in [3.8, 4) is 0 Å². The Hall–Kier alpha value is -0.700. The number of non-ortho nitro benzene ring substituents is 1. The summed E-state index contributed by atoms with van der Waals surface area (Å²) in [6, 6.07) is 5.01. The molecule has 0 aliphatic heterocycles. The molecule has 1 aromatic rings. The fraction of sp³-hybridized carbons (Fsp3) is 0.400. The fourth-order valence-corrected chi connectivity index (χ4v) is 3.63. The molecule has 0 fully saturated rings. The fourth-order valence-electron chi connectivity index (χ4n) is 1.36. The molecule has 6 nitrogen and oxygen atoms in total. The highest BCUT2D eigenvalue weighted by atomic mass is 79.9. The van der Waals surface area contributed by atoms with E-state index < -0.39 is 24.0 Å². The summed E-state index contributed by atoms with van der Waals surface area (Å²) in [7, 11) is -3.82. The minimum Gasteiger partial charge on any atom is -0.385 e. The zero-order valence-electron chi connectivity index (χ0n) is 9.79. The lowest BCUT2D eigenvalue weighted by atomic mass is 10.1. The summed E-state index contributed by atoms with van der Waals surface area (Å²) in [5.41, 5.74) is -0.219. The van der Waals surface area contributed by atoms with Gasteiger partial charge in [-0.2, -0.15) is 0 Å². The van der Waals surface area contributed by atoms with E-state index in [4.69, 9.17) is 11.6 Å². The predicted octanol–water partition coefficient (Wildman–Crippen LogP) is 2.35. The number of halogens is 2. The van der Waals surface area contributed by atoms with Crippen molar-refractivity contribution in [1.82, 2.24) is 0 Å². The summed E-state index contributed by atoms with van der Waals surface area (Å²) in [6.07, 6.45) is -1.64. The van der Waals surface area contributed by atoms with Gasteiger partial charge in [-0.3, -0.25) is 10.1 Å². The number of hydrogen-bond donors (Lipinski definition) is 1. The molecular weight excluding hydrogens is 362 g/mol. The molecule has 0 amide bonds. The molecule has 0 saturated carbocycles. The monoisotopic (exact) mass is 371 g/mol. The molecule has 0 aliphatic rings. The second kappa shape index (κ2) is 5.74. The van der Waals surface area contributed by atoms with Crippen LogP contribution in [0, 0.1) is 10.1 Å². The molecule has 9 heteroatoms. The first-order valence-corrected chi connectivity index (χ1v) is 7.98. The second-order valence-corrected chi connectivity index (χ2v) is 9.22. The molecule has 0 aliphatic carbocycles. The normalized spacial score (nSPS) is 16.6. The first-order chi connectivity index (χ1) is 8.63. The smallest absolute Gasteiger partial charge is 0.269 e. The van der Waals surface area contributed by atoms with Gasteiger partial charge < -0.3 is 5.11 Å². The molecule has 2 atom stereocenters. The predicted molar refractivity (Wildman–Crippen MR) is 75.0 cm³/mol. The Kier molecular flexibility index (Phi) is 4.94. The highest BCUT2D eigenvalue weighted by molar-refractivity contribution is 9.12. The Bertz CT molecular complexity index is 589. The summed E-state index contributed by atoms with van der Waals surface area (Å²) in [5.74, 6) is -0.284. The summed E-state index contributed by atoms with van der Waals surface area (Å²) in [5, 5.41) is 20.7. The first-order valence-electron chi connectivity index (χ1n) is 5.16. The van der Waals surface area contributed by atoms with E-state index >= 15 is 0 Å². The van der Waals surface area contributed by atoms with Crippen molar-refractivity contribution in [3.05, 3.63) is 39.9 Å². The highest BCUT2D eigenvalue weighted by Gasteiger charge is 2.46. The van der Waals surface area contributed by atoms with Gasteiger partial charge in [0.05, 0.1) is 10.7 Å². The van der Waals surface area contributed by atoms with Crippen LogP contribution >= 0.6 is 27.5 Å². The third-order valence-electron chi connectivity index (χ3n) is 2.51. The van der Waals surface area contributed by atoms with Crippen LogP contribution in [0.2, 0.25) is 0 Å². The van der Waals surface area contributed by atoms with Crippen LogP contribution in [0.5, 0.6) is 0 Å². The van der Waals surface area contributed by atoms with E-state index in [1.807, 2.05) is 0 Å². The van der Waals surface area contributed by atoms with Crippen molar-refractivity contribution in [2.45, 2.75) is 16.1 Å². The third kappa shape index (κ3) is 3.25. The number of rotatable bonds is 5. The molecule has 0 aromatic heterocycles. The lowest BCUT2D eigenvalue weighted by molar-refractivity contribution is -0.385. The molecule has 0 spiro atoms. The summed E-state index contributed by atoms with van der Waals surface area (Å²) in [4.78, 5) is 10.00. The number of nitro benzene ring substituents is 1. The van der Waals surface area contributed by atoms with Crippen LogP contribution in [0.25, 0.3) is 0 Å². The van der Waals surface area contributed by atoms with Gasteiger partial charge in [0.15, 0.2) is 9.84 Å². The number of nitro groups is 1. The minimum atomic E-state index is -3.82. The maximum atomic E-state index is 11.8. The summed E-state index contributed by atoms with van der Waals surface area (Å²) >= 11 is 8.64. The van der Waals surface area contributed by atoms with Crippen LogP contribution in [0.3, 0.4) is 0 Å². The van der Waals surface area contributed by atoms with E-state index in [9.17, 15) is 23.6 Å². The Morgan fingerprint density at radius 1 is 1.58 bits per heavy atom. The Morgan fingerprint density at radius 3 is 2.63 bits per heavy atom. The number of nitrogens with zero attached hydrogens (tertiary/aromatic N) is 1. The maximum Gasteiger partial charge on any atom is 0.269 e. The number of aliphatic hydroxyl groups is 1. The van der Waals surface area contributed by atoms with Gasteiger partial charge in [-0.1, -0.05) is 30.7 Å².